The Morgan fingerprint density at radius 1 is 0.897 bits per heavy atom. The van der Waals surface area contributed by atoms with Crippen molar-refractivity contribution in [3.63, 3.8) is 0 Å². The largest absolute Gasteiger partial charge is 0.416 e. The molecule has 0 aliphatic carbocycles. The van der Waals surface area contributed by atoms with Crippen LogP contribution in [0.4, 0.5) is 37.7 Å². The molecule has 0 atom stereocenters. The number of carbonyl (C=O) groups is 1. The SMILES string of the molecule is O=C(CO)Nc1cccc(NS(=O)(=O)c2cc(C(F)(F)F)cc(C(F)(F)F)c2)c1. The predicted octanol–water partition coefficient (Wildman–Crippen LogP) is 3.46. The first-order chi connectivity index (χ1) is 13.2. The Labute approximate surface area is 160 Å². The molecule has 0 bridgehead atoms. The summed E-state index contributed by atoms with van der Waals surface area (Å²) in [6, 6.07) is 4.76. The van der Waals surface area contributed by atoms with Crippen molar-refractivity contribution in [2.24, 2.45) is 0 Å². The summed E-state index contributed by atoms with van der Waals surface area (Å²) < 4.78 is 104. The number of hydrogen-bond donors (Lipinski definition) is 3. The van der Waals surface area contributed by atoms with Crippen molar-refractivity contribution in [2.75, 3.05) is 16.6 Å². The smallest absolute Gasteiger partial charge is 0.387 e. The molecule has 2 aromatic rings. The molecule has 1 amide bonds. The fourth-order valence-electron chi connectivity index (χ4n) is 2.16. The summed E-state index contributed by atoms with van der Waals surface area (Å²) in [6.07, 6.45) is -10.4. The lowest BCUT2D eigenvalue weighted by atomic mass is 10.1. The Balaban J connectivity index is 2.46. The summed E-state index contributed by atoms with van der Waals surface area (Å²) in [5, 5.41) is 10.9. The Hall–Kier alpha value is -2.80. The van der Waals surface area contributed by atoms with Crippen LogP contribution in [0.1, 0.15) is 11.1 Å². The summed E-state index contributed by atoms with van der Waals surface area (Å²) in [7, 11) is -4.84. The van der Waals surface area contributed by atoms with E-state index < -0.39 is 50.9 Å². The van der Waals surface area contributed by atoms with Crippen LogP contribution in [0.15, 0.2) is 47.4 Å². The molecule has 0 aromatic heterocycles. The summed E-state index contributed by atoms with van der Waals surface area (Å²) in [5.41, 5.74) is -3.77. The molecule has 0 spiro atoms. The van der Waals surface area contributed by atoms with Gasteiger partial charge in [0.25, 0.3) is 10.0 Å². The first kappa shape index (κ1) is 22.5. The maximum atomic E-state index is 12.9. The highest BCUT2D eigenvalue weighted by molar-refractivity contribution is 7.92. The first-order valence-corrected chi connectivity index (χ1v) is 9.04. The van der Waals surface area contributed by atoms with Crippen molar-refractivity contribution >= 4 is 27.3 Å². The number of carbonyl (C=O) groups excluding carboxylic acids is 1. The molecule has 0 aliphatic rings. The van der Waals surface area contributed by atoms with Crippen molar-refractivity contribution in [1.82, 2.24) is 0 Å². The lowest BCUT2D eigenvalue weighted by Gasteiger charge is -2.15. The van der Waals surface area contributed by atoms with Gasteiger partial charge in [-0.15, -0.1) is 0 Å². The quantitative estimate of drug-likeness (QED) is 0.619. The van der Waals surface area contributed by atoms with Crippen molar-refractivity contribution in [1.29, 1.82) is 0 Å². The van der Waals surface area contributed by atoms with E-state index in [9.17, 15) is 39.6 Å². The summed E-state index contributed by atoms with van der Waals surface area (Å²) >= 11 is 0. The average Bonchev–Trinajstić information content (AvgIpc) is 2.59. The maximum absolute atomic E-state index is 12.9. The molecule has 0 fully saturated rings. The molecule has 29 heavy (non-hydrogen) atoms. The Morgan fingerprint density at radius 3 is 1.90 bits per heavy atom. The number of halogens is 6. The molecule has 0 saturated carbocycles. The number of rotatable bonds is 5. The minimum atomic E-state index is -5.21. The first-order valence-electron chi connectivity index (χ1n) is 7.55. The van der Waals surface area contributed by atoms with E-state index in [-0.39, 0.29) is 29.6 Å². The van der Waals surface area contributed by atoms with Crippen LogP contribution in [0, 0.1) is 0 Å². The molecule has 158 valence electrons. The minimum Gasteiger partial charge on any atom is -0.387 e. The third kappa shape index (κ3) is 5.84. The van der Waals surface area contributed by atoms with Crippen LogP contribution >= 0.6 is 0 Å². The molecule has 6 nitrogen and oxygen atoms in total. The predicted molar refractivity (Wildman–Crippen MR) is 89.4 cm³/mol. The summed E-state index contributed by atoms with van der Waals surface area (Å²) in [6.45, 7) is -0.861. The summed E-state index contributed by atoms with van der Waals surface area (Å²) in [5.74, 6) is -0.822. The third-order valence-electron chi connectivity index (χ3n) is 3.41. The van der Waals surface area contributed by atoms with Crippen LogP contribution in [0.5, 0.6) is 0 Å². The fourth-order valence-corrected chi connectivity index (χ4v) is 3.28. The number of amides is 1. The van der Waals surface area contributed by atoms with Gasteiger partial charge in [-0.3, -0.25) is 9.52 Å². The number of anilines is 2. The molecular weight excluding hydrogens is 430 g/mol. The highest BCUT2D eigenvalue weighted by Crippen LogP contribution is 2.37. The molecule has 0 aliphatic heterocycles. The van der Waals surface area contributed by atoms with E-state index in [4.69, 9.17) is 5.11 Å². The number of alkyl halides is 6. The van der Waals surface area contributed by atoms with Gasteiger partial charge in [-0.2, -0.15) is 26.3 Å². The van der Waals surface area contributed by atoms with E-state index >= 15 is 0 Å². The van der Waals surface area contributed by atoms with Crippen molar-refractivity contribution in [3.8, 4) is 0 Å². The van der Waals surface area contributed by atoms with Gasteiger partial charge in [0.15, 0.2) is 0 Å². The minimum absolute atomic E-state index is 0.0317. The van der Waals surface area contributed by atoms with E-state index in [0.29, 0.717) is 0 Å². The topological polar surface area (TPSA) is 95.5 Å². The zero-order valence-electron chi connectivity index (χ0n) is 14.1. The van der Waals surface area contributed by atoms with Gasteiger partial charge in [-0.1, -0.05) is 6.07 Å². The number of aliphatic hydroxyl groups excluding tert-OH is 1. The van der Waals surface area contributed by atoms with Crippen LogP contribution in [0.2, 0.25) is 0 Å². The second kappa shape index (κ2) is 7.91. The zero-order chi connectivity index (χ0) is 22.0. The van der Waals surface area contributed by atoms with Gasteiger partial charge in [-0.25, -0.2) is 8.42 Å². The number of benzene rings is 2. The standard InChI is InChI=1S/C16H12F6N2O4S/c17-15(18,19)9-4-10(16(20,21)22)6-13(5-9)29(27,28)24-12-3-1-2-11(7-12)23-14(26)8-25/h1-7,24-25H,8H2,(H,23,26). The molecule has 2 rings (SSSR count). The molecule has 3 N–H and O–H groups in total. The summed E-state index contributed by atoms with van der Waals surface area (Å²) in [4.78, 5) is 9.90. The van der Waals surface area contributed by atoms with Crippen LogP contribution in [-0.2, 0) is 27.2 Å². The van der Waals surface area contributed by atoms with E-state index in [0.717, 1.165) is 12.1 Å². The van der Waals surface area contributed by atoms with Crippen LogP contribution in [-0.4, -0.2) is 26.0 Å². The van der Waals surface area contributed by atoms with Crippen LogP contribution in [0.25, 0.3) is 0 Å². The van der Waals surface area contributed by atoms with Gasteiger partial charge >= 0.3 is 12.4 Å². The van der Waals surface area contributed by atoms with E-state index in [1.807, 2.05) is 4.72 Å². The molecule has 0 unspecified atom stereocenters. The van der Waals surface area contributed by atoms with Gasteiger partial charge in [0, 0.05) is 5.69 Å². The molecule has 13 heteroatoms. The molecule has 0 saturated heterocycles. The van der Waals surface area contributed by atoms with Gasteiger partial charge < -0.3 is 10.4 Å². The van der Waals surface area contributed by atoms with Crippen LogP contribution in [0.3, 0.4) is 0 Å². The zero-order valence-corrected chi connectivity index (χ0v) is 14.9. The lowest BCUT2D eigenvalue weighted by Crippen LogP contribution is -2.18. The van der Waals surface area contributed by atoms with E-state index in [1.165, 1.54) is 12.1 Å². The number of hydrogen-bond acceptors (Lipinski definition) is 4. The van der Waals surface area contributed by atoms with E-state index in [1.54, 1.807) is 0 Å². The normalized spacial score (nSPS) is 12.5. The molecule has 0 heterocycles. The monoisotopic (exact) mass is 442 g/mol. The van der Waals surface area contributed by atoms with Gasteiger partial charge in [-0.05, 0) is 36.4 Å². The van der Waals surface area contributed by atoms with Crippen molar-refractivity contribution < 1.29 is 44.7 Å². The second-order valence-electron chi connectivity index (χ2n) is 5.63. The number of sulfonamides is 1. The highest BCUT2D eigenvalue weighted by atomic mass is 32.2. The number of aliphatic hydroxyl groups is 1. The van der Waals surface area contributed by atoms with Crippen molar-refractivity contribution in [2.45, 2.75) is 17.2 Å². The van der Waals surface area contributed by atoms with Gasteiger partial charge in [0.2, 0.25) is 5.91 Å². The van der Waals surface area contributed by atoms with Gasteiger partial charge in [0.1, 0.15) is 6.61 Å². The molecule has 2 aromatic carbocycles. The highest BCUT2D eigenvalue weighted by Gasteiger charge is 2.38. The lowest BCUT2D eigenvalue weighted by molar-refractivity contribution is -0.143. The second-order valence-corrected chi connectivity index (χ2v) is 7.32. The van der Waals surface area contributed by atoms with Crippen LogP contribution < -0.4 is 10.0 Å². The average molecular weight is 442 g/mol. The van der Waals surface area contributed by atoms with E-state index in [2.05, 4.69) is 5.32 Å². The Kier molecular flexibility index (Phi) is 6.13. The Morgan fingerprint density at radius 2 is 1.41 bits per heavy atom. The van der Waals surface area contributed by atoms with Crippen molar-refractivity contribution in [3.05, 3.63) is 53.6 Å². The van der Waals surface area contributed by atoms with Gasteiger partial charge in [0.05, 0.1) is 21.7 Å². The number of nitrogens with one attached hydrogen (secondary N) is 2. The maximum Gasteiger partial charge on any atom is 0.416 e. The fraction of sp³-hybridized carbons (Fsp3) is 0.188. The molecule has 0 radical (unpaired) electrons. The Bertz CT molecular complexity index is 987. The third-order valence-corrected chi connectivity index (χ3v) is 4.77. The molecular formula is C16H12F6N2O4S.